The fourth-order valence-corrected chi connectivity index (χ4v) is 4.53. The lowest BCUT2D eigenvalue weighted by Gasteiger charge is -2.44. The molecule has 0 amide bonds. The van der Waals surface area contributed by atoms with Gasteiger partial charge in [-0.3, -0.25) is 9.36 Å². The second-order valence-corrected chi connectivity index (χ2v) is 9.18. The summed E-state index contributed by atoms with van der Waals surface area (Å²) in [5.41, 5.74) is 1.75. The van der Waals surface area contributed by atoms with E-state index in [-0.39, 0.29) is 24.2 Å². The number of benzene rings is 1. The zero-order valence-corrected chi connectivity index (χ0v) is 20.3. The molecule has 0 spiro atoms. The third-order valence-electron chi connectivity index (χ3n) is 6.26. The summed E-state index contributed by atoms with van der Waals surface area (Å²) < 4.78 is 37.2. The van der Waals surface area contributed by atoms with Crippen molar-refractivity contribution in [2.45, 2.75) is 26.0 Å². The van der Waals surface area contributed by atoms with Crippen molar-refractivity contribution in [2.75, 3.05) is 18.0 Å². The van der Waals surface area contributed by atoms with Gasteiger partial charge in [0, 0.05) is 35.8 Å². The molecule has 1 aromatic carbocycles. The first-order chi connectivity index (χ1) is 18.1. The number of aliphatic hydroxyl groups is 1. The van der Waals surface area contributed by atoms with Crippen LogP contribution in [-0.2, 0) is 11.3 Å². The van der Waals surface area contributed by atoms with Crippen LogP contribution in [0.1, 0.15) is 18.3 Å². The van der Waals surface area contributed by atoms with E-state index in [1.54, 1.807) is 30.5 Å². The van der Waals surface area contributed by atoms with Gasteiger partial charge in [0.15, 0.2) is 11.4 Å². The fraction of sp³-hybridized carbons (Fsp3) is 0.240. The van der Waals surface area contributed by atoms with E-state index < -0.39 is 23.0 Å². The Balaban J connectivity index is 0.000000937. The number of anilines is 1. The van der Waals surface area contributed by atoms with Gasteiger partial charge >= 0.3 is 5.76 Å². The molecule has 1 aliphatic rings. The number of β-amino-alcohol motifs (C(OH)–C–C–N with tert-alkyl or cyclic N) is 1. The quantitative estimate of drug-likeness (QED) is 0.340. The zero-order chi connectivity index (χ0) is 27.2. The largest absolute Gasteiger partial charge is 0.483 e. The second kappa shape index (κ2) is 9.34. The smallest absolute Gasteiger partial charge is 0.420 e. The number of nitrogens with zero attached hydrogens (tertiary/aromatic N) is 6. The van der Waals surface area contributed by atoms with Gasteiger partial charge in [-0.15, -0.1) is 0 Å². The van der Waals surface area contributed by atoms with Crippen LogP contribution in [0.5, 0.6) is 0 Å². The van der Waals surface area contributed by atoms with Crippen LogP contribution >= 0.6 is 0 Å². The molecule has 0 aliphatic carbocycles. The van der Waals surface area contributed by atoms with Crippen molar-refractivity contribution in [1.82, 2.24) is 23.9 Å². The van der Waals surface area contributed by atoms with Crippen LogP contribution in [0.2, 0.25) is 0 Å². The number of hydrogen-bond donors (Lipinski definition) is 2. The highest BCUT2D eigenvalue weighted by Crippen LogP contribution is 2.28. The molecular weight excluding hydrogens is 502 g/mol. The van der Waals surface area contributed by atoms with Crippen LogP contribution in [0.25, 0.3) is 27.9 Å². The number of aryl methyl sites for hydroxylation is 1. The number of carbonyl (C=O) groups is 1. The van der Waals surface area contributed by atoms with Crippen LogP contribution in [-0.4, -0.2) is 59.3 Å². The molecule has 1 fully saturated rings. The summed E-state index contributed by atoms with van der Waals surface area (Å²) in [7, 11) is 0. The monoisotopic (exact) mass is 524 g/mol. The molecule has 1 aliphatic heterocycles. The molecule has 0 unspecified atom stereocenters. The van der Waals surface area contributed by atoms with Gasteiger partial charge in [0.05, 0.1) is 42.1 Å². The molecule has 13 heteroatoms. The zero-order valence-electron chi connectivity index (χ0n) is 20.3. The number of fused-ring (bicyclic) bond motifs is 2. The Morgan fingerprint density at radius 1 is 1.18 bits per heavy atom. The topological polar surface area (TPSA) is 139 Å². The first-order valence-corrected chi connectivity index (χ1v) is 11.4. The highest BCUT2D eigenvalue weighted by Gasteiger charge is 2.37. The van der Waals surface area contributed by atoms with Crippen molar-refractivity contribution >= 4 is 29.2 Å². The highest BCUT2D eigenvalue weighted by molar-refractivity contribution is 5.73. The van der Waals surface area contributed by atoms with Crippen LogP contribution in [0.4, 0.5) is 14.7 Å². The van der Waals surface area contributed by atoms with Crippen LogP contribution < -0.4 is 10.7 Å². The molecule has 0 atom stereocenters. The molecule has 2 N–H and O–H groups in total. The lowest BCUT2D eigenvalue weighted by Crippen LogP contribution is -2.60. The van der Waals surface area contributed by atoms with Crippen molar-refractivity contribution in [3.63, 3.8) is 0 Å². The van der Waals surface area contributed by atoms with Gasteiger partial charge in [0.25, 0.3) is 6.47 Å². The molecule has 1 saturated heterocycles. The molecule has 6 rings (SSSR count). The summed E-state index contributed by atoms with van der Waals surface area (Å²) >= 11 is 0. The minimum Gasteiger partial charge on any atom is -0.483 e. The van der Waals surface area contributed by atoms with Crippen LogP contribution in [0.3, 0.4) is 0 Å². The molecule has 0 saturated carbocycles. The Bertz CT molecular complexity index is 1720. The number of aromatic nitrogens is 5. The predicted molar refractivity (Wildman–Crippen MR) is 132 cm³/mol. The van der Waals surface area contributed by atoms with Gasteiger partial charge in [-0.2, -0.15) is 0 Å². The number of imidazole rings is 1. The average molecular weight is 524 g/mol. The third kappa shape index (κ3) is 4.36. The number of hydrogen-bond acceptors (Lipinski definition) is 8. The lowest BCUT2D eigenvalue weighted by atomic mass is 9.98. The van der Waals surface area contributed by atoms with E-state index in [0.29, 0.717) is 47.2 Å². The SMILES string of the molecule is Cc1nc2cc(F)c(-c3cnc(N4CC(C)(O)C4)nc3)cn2c1Cn1c(=O)oc2c(F)cccc21.O=CO. The van der Waals surface area contributed by atoms with E-state index in [0.717, 1.165) is 0 Å². The number of halogens is 2. The molecule has 0 radical (unpaired) electrons. The van der Waals surface area contributed by atoms with Crippen LogP contribution in [0.15, 0.2) is 52.1 Å². The third-order valence-corrected chi connectivity index (χ3v) is 6.26. The van der Waals surface area contributed by atoms with E-state index in [4.69, 9.17) is 14.3 Å². The molecule has 11 nitrogen and oxygen atoms in total. The Morgan fingerprint density at radius 3 is 2.53 bits per heavy atom. The van der Waals surface area contributed by atoms with Crippen molar-refractivity contribution in [2.24, 2.45) is 0 Å². The van der Waals surface area contributed by atoms with Gasteiger partial charge in [0.2, 0.25) is 5.95 Å². The molecule has 0 bridgehead atoms. The standard InChI is InChI=1S/C24H20F2N6O3.CH2O2/c1-13-19(10-32-18-5-3-4-16(25)21(18)35-23(32)33)31-9-15(17(26)6-20(31)29-13)14-7-27-22(28-8-14)30-11-24(2,34)12-30;2-1-3/h3-9,34H,10-12H2,1-2H3;1H,(H,2,3). The molecule has 196 valence electrons. The first kappa shape index (κ1) is 25.0. The number of rotatable bonds is 4. The molecule has 38 heavy (non-hydrogen) atoms. The highest BCUT2D eigenvalue weighted by atomic mass is 19.1. The van der Waals surface area contributed by atoms with Gasteiger partial charge in [-0.05, 0) is 26.0 Å². The summed E-state index contributed by atoms with van der Waals surface area (Å²) in [5.74, 6) is -1.36. The van der Waals surface area contributed by atoms with E-state index >= 15 is 4.39 Å². The first-order valence-electron chi connectivity index (χ1n) is 11.4. The second-order valence-electron chi connectivity index (χ2n) is 9.18. The molecule has 5 heterocycles. The lowest BCUT2D eigenvalue weighted by molar-refractivity contribution is -0.122. The van der Waals surface area contributed by atoms with Gasteiger partial charge in [-0.1, -0.05) is 6.07 Å². The van der Waals surface area contributed by atoms with E-state index in [1.165, 1.54) is 35.2 Å². The van der Waals surface area contributed by atoms with E-state index in [9.17, 15) is 14.3 Å². The van der Waals surface area contributed by atoms with Crippen molar-refractivity contribution < 1.29 is 28.2 Å². The molecule has 5 aromatic rings. The molecule has 4 aromatic heterocycles. The number of pyridine rings is 1. The average Bonchev–Trinajstić information content (AvgIpc) is 3.34. The van der Waals surface area contributed by atoms with Crippen LogP contribution in [0, 0.1) is 18.6 Å². The van der Waals surface area contributed by atoms with Gasteiger partial charge in [0.1, 0.15) is 11.5 Å². The number of carboxylic acid groups (broad SMARTS) is 1. The summed E-state index contributed by atoms with van der Waals surface area (Å²) in [6, 6.07) is 5.64. The maximum atomic E-state index is 15.0. The van der Waals surface area contributed by atoms with Gasteiger partial charge in [-0.25, -0.2) is 28.5 Å². The fourth-order valence-electron chi connectivity index (χ4n) is 4.53. The number of para-hydroxylation sites is 1. The Morgan fingerprint density at radius 2 is 1.87 bits per heavy atom. The summed E-state index contributed by atoms with van der Waals surface area (Å²) in [4.78, 5) is 35.7. The van der Waals surface area contributed by atoms with E-state index in [2.05, 4.69) is 15.0 Å². The minimum absolute atomic E-state index is 0.0533. The number of oxazole rings is 1. The van der Waals surface area contributed by atoms with Gasteiger partial charge < -0.3 is 23.9 Å². The summed E-state index contributed by atoms with van der Waals surface area (Å²) in [6.45, 7) is 4.15. The predicted octanol–water partition coefficient (Wildman–Crippen LogP) is 2.61. The van der Waals surface area contributed by atoms with E-state index in [1.807, 2.05) is 4.90 Å². The van der Waals surface area contributed by atoms with Crippen molar-refractivity contribution in [1.29, 1.82) is 0 Å². The summed E-state index contributed by atoms with van der Waals surface area (Å²) in [6.07, 6.45) is 4.64. The van der Waals surface area contributed by atoms with Crippen molar-refractivity contribution in [3.05, 3.63) is 76.4 Å². The normalized spacial score (nSPS) is 14.3. The Kier molecular flexibility index (Phi) is 6.15. The Labute approximate surface area is 213 Å². The van der Waals surface area contributed by atoms with Crippen molar-refractivity contribution in [3.8, 4) is 11.1 Å². The Hall–Kier alpha value is -4.65. The molecular formula is C25H22F2N6O5. The maximum absolute atomic E-state index is 15.0. The maximum Gasteiger partial charge on any atom is 0.420 e. The summed E-state index contributed by atoms with van der Waals surface area (Å²) in [5, 5.41) is 16.8. The minimum atomic E-state index is -0.761.